The summed E-state index contributed by atoms with van der Waals surface area (Å²) in [5.74, 6) is -0.471. The van der Waals surface area contributed by atoms with Gasteiger partial charge in [-0.3, -0.25) is 19.4 Å². The van der Waals surface area contributed by atoms with Crippen LogP contribution < -0.4 is 16.0 Å². The first-order valence-electron chi connectivity index (χ1n) is 10.7. The van der Waals surface area contributed by atoms with Gasteiger partial charge in [0, 0.05) is 68.0 Å². The average molecular weight is 444 g/mol. The van der Waals surface area contributed by atoms with Crippen molar-refractivity contribution in [2.75, 3.05) is 36.8 Å². The highest BCUT2D eigenvalue weighted by atomic mass is 16.2. The van der Waals surface area contributed by atoms with Gasteiger partial charge in [-0.1, -0.05) is 18.2 Å². The Morgan fingerprint density at radius 2 is 1.55 bits per heavy atom. The van der Waals surface area contributed by atoms with Crippen molar-refractivity contribution < 1.29 is 14.4 Å². The van der Waals surface area contributed by atoms with Crippen molar-refractivity contribution in [3.8, 4) is 11.1 Å². The quantitative estimate of drug-likeness (QED) is 0.563. The molecule has 3 N–H and O–H groups in total. The van der Waals surface area contributed by atoms with E-state index in [4.69, 9.17) is 0 Å². The van der Waals surface area contributed by atoms with Crippen molar-refractivity contribution in [1.82, 2.24) is 15.2 Å². The Hall–Kier alpha value is -4.04. The molecule has 1 saturated heterocycles. The Kier molecular flexibility index (Phi) is 6.75. The van der Waals surface area contributed by atoms with Gasteiger partial charge in [-0.25, -0.2) is 0 Å². The van der Waals surface area contributed by atoms with Crippen LogP contribution >= 0.6 is 0 Å². The van der Waals surface area contributed by atoms with Gasteiger partial charge >= 0.3 is 0 Å². The maximum absolute atomic E-state index is 12.8. The zero-order valence-corrected chi connectivity index (χ0v) is 18.3. The first kappa shape index (κ1) is 22.2. The van der Waals surface area contributed by atoms with E-state index in [1.165, 1.54) is 13.1 Å². The number of nitrogens with one attached hydrogen (secondary N) is 3. The Balaban J connectivity index is 1.46. The molecule has 8 nitrogen and oxygen atoms in total. The monoisotopic (exact) mass is 443 g/mol. The second-order valence-corrected chi connectivity index (χ2v) is 7.80. The Labute approximate surface area is 192 Å². The van der Waals surface area contributed by atoms with Crippen molar-refractivity contribution in [3.05, 3.63) is 78.1 Å². The van der Waals surface area contributed by atoms with Gasteiger partial charge in [0.2, 0.25) is 5.91 Å². The third kappa shape index (κ3) is 5.61. The van der Waals surface area contributed by atoms with E-state index in [9.17, 15) is 14.4 Å². The summed E-state index contributed by atoms with van der Waals surface area (Å²) < 4.78 is 0. The molecular weight excluding hydrogens is 418 g/mol. The normalized spacial score (nSPS) is 13.3. The lowest BCUT2D eigenvalue weighted by Crippen LogP contribution is -2.46. The van der Waals surface area contributed by atoms with Crippen LogP contribution in [0, 0.1) is 0 Å². The number of carbonyl (C=O) groups is 3. The van der Waals surface area contributed by atoms with Crippen LogP contribution in [0.2, 0.25) is 0 Å². The molecule has 0 spiro atoms. The van der Waals surface area contributed by atoms with E-state index in [1.807, 2.05) is 17.0 Å². The largest absolute Gasteiger partial charge is 0.336 e. The van der Waals surface area contributed by atoms with Gasteiger partial charge in [0.25, 0.3) is 11.8 Å². The fourth-order valence-electron chi connectivity index (χ4n) is 3.66. The summed E-state index contributed by atoms with van der Waals surface area (Å²) in [6.07, 6.45) is 3.18. The van der Waals surface area contributed by atoms with Crippen molar-refractivity contribution in [2.45, 2.75) is 6.92 Å². The molecule has 2 heterocycles. The van der Waals surface area contributed by atoms with E-state index in [0.29, 0.717) is 35.6 Å². The smallest absolute Gasteiger partial charge is 0.257 e. The van der Waals surface area contributed by atoms with E-state index >= 15 is 0 Å². The summed E-state index contributed by atoms with van der Waals surface area (Å²) >= 11 is 0. The molecule has 8 heteroatoms. The second kappa shape index (κ2) is 10.1. The number of anilines is 2. The van der Waals surface area contributed by atoms with Crippen molar-refractivity contribution >= 4 is 29.1 Å². The van der Waals surface area contributed by atoms with Crippen LogP contribution in [-0.2, 0) is 4.79 Å². The van der Waals surface area contributed by atoms with E-state index in [0.717, 1.165) is 24.2 Å². The molecule has 1 aromatic heterocycles. The van der Waals surface area contributed by atoms with Gasteiger partial charge in [0.15, 0.2) is 0 Å². The molecule has 3 aromatic rings. The zero-order chi connectivity index (χ0) is 23.2. The van der Waals surface area contributed by atoms with Crippen LogP contribution in [0.4, 0.5) is 11.4 Å². The molecule has 1 fully saturated rings. The highest BCUT2D eigenvalue weighted by molar-refractivity contribution is 6.05. The lowest BCUT2D eigenvalue weighted by molar-refractivity contribution is -0.114. The summed E-state index contributed by atoms with van der Waals surface area (Å²) in [4.78, 5) is 42.7. The first-order chi connectivity index (χ1) is 16.0. The van der Waals surface area contributed by atoms with Crippen LogP contribution in [-0.4, -0.2) is 53.8 Å². The van der Waals surface area contributed by atoms with E-state index in [1.54, 1.807) is 48.7 Å². The average Bonchev–Trinajstić information content (AvgIpc) is 2.84. The minimum absolute atomic E-state index is 0.0239. The maximum Gasteiger partial charge on any atom is 0.257 e. The molecule has 3 amide bonds. The highest BCUT2D eigenvalue weighted by Gasteiger charge is 2.18. The predicted molar refractivity (Wildman–Crippen MR) is 127 cm³/mol. The summed E-state index contributed by atoms with van der Waals surface area (Å²) in [5, 5.41) is 8.76. The minimum Gasteiger partial charge on any atom is -0.336 e. The fraction of sp³-hybridized carbons (Fsp3) is 0.200. The zero-order valence-electron chi connectivity index (χ0n) is 18.3. The SMILES string of the molecule is CC(=O)Nc1cccc(NC(=O)c2cncc(-c3ccc(C(=O)N4CCNCC4)cc3)c2)c1. The third-order valence-corrected chi connectivity index (χ3v) is 5.31. The molecule has 2 aromatic carbocycles. The summed E-state index contributed by atoms with van der Waals surface area (Å²) in [5.41, 5.74) is 3.84. The molecule has 1 aliphatic rings. The summed E-state index contributed by atoms with van der Waals surface area (Å²) in [6, 6.07) is 16.0. The number of hydrogen-bond donors (Lipinski definition) is 3. The number of benzene rings is 2. The topological polar surface area (TPSA) is 103 Å². The number of hydrogen-bond acceptors (Lipinski definition) is 5. The van der Waals surface area contributed by atoms with Crippen LogP contribution in [0.15, 0.2) is 67.0 Å². The van der Waals surface area contributed by atoms with Crippen LogP contribution in [0.1, 0.15) is 27.6 Å². The van der Waals surface area contributed by atoms with Gasteiger partial charge in [0.05, 0.1) is 5.56 Å². The highest BCUT2D eigenvalue weighted by Crippen LogP contribution is 2.22. The van der Waals surface area contributed by atoms with Crippen molar-refractivity contribution in [3.63, 3.8) is 0 Å². The summed E-state index contributed by atoms with van der Waals surface area (Å²) in [7, 11) is 0. The molecule has 4 rings (SSSR count). The Morgan fingerprint density at radius 3 is 2.24 bits per heavy atom. The first-order valence-corrected chi connectivity index (χ1v) is 10.7. The predicted octanol–water partition coefficient (Wildman–Crippen LogP) is 3.00. The molecule has 0 bridgehead atoms. The molecule has 168 valence electrons. The lowest BCUT2D eigenvalue weighted by atomic mass is 10.0. The Bertz CT molecular complexity index is 1170. The number of pyridine rings is 1. The van der Waals surface area contributed by atoms with Gasteiger partial charge in [-0.2, -0.15) is 0 Å². The maximum atomic E-state index is 12.8. The molecule has 0 radical (unpaired) electrons. The van der Waals surface area contributed by atoms with E-state index < -0.39 is 0 Å². The Morgan fingerprint density at radius 1 is 0.848 bits per heavy atom. The molecule has 1 aliphatic heterocycles. The van der Waals surface area contributed by atoms with Gasteiger partial charge in [-0.15, -0.1) is 0 Å². The number of aromatic nitrogens is 1. The number of nitrogens with zero attached hydrogens (tertiary/aromatic N) is 2. The standard InChI is InChI=1S/C25H25N5O3/c1-17(31)28-22-3-2-4-23(14-22)29-24(32)21-13-20(15-27-16-21)18-5-7-19(8-6-18)25(33)30-11-9-26-10-12-30/h2-8,13-16,26H,9-12H2,1H3,(H,28,31)(H,29,32). The molecule has 0 saturated carbocycles. The molecular formula is C25H25N5O3. The lowest BCUT2D eigenvalue weighted by Gasteiger charge is -2.27. The number of rotatable bonds is 5. The van der Waals surface area contributed by atoms with E-state index in [-0.39, 0.29) is 17.7 Å². The van der Waals surface area contributed by atoms with Crippen LogP contribution in [0.3, 0.4) is 0 Å². The minimum atomic E-state index is -0.310. The second-order valence-electron chi connectivity index (χ2n) is 7.80. The number of piperazine rings is 1. The third-order valence-electron chi connectivity index (χ3n) is 5.31. The van der Waals surface area contributed by atoms with Gasteiger partial charge < -0.3 is 20.9 Å². The van der Waals surface area contributed by atoms with Crippen molar-refractivity contribution in [2.24, 2.45) is 0 Å². The fourth-order valence-corrected chi connectivity index (χ4v) is 3.66. The van der Waals surface area contributed by atoms with Crippen LogP contribution in [0.25, 0.3) is 11.1 Å². The van der Waals surface area contributed by atoms with Gasteiger partial charge in [-0.05, 0) is 42.0 Å². The van der Waals surface area contributed by atoms with E-state index in [2.05, 4.69) is 20.9 Å². The summed E-state index contributed by atoms with van der Waals surface area (Å²) in [6.45, 7) is 4.45. The molecule has 33 heavy (non-hydrogen) atoms. The van der Waals surface area contributed by atoms with Crippen molar-refractivity contribution in [1.29, 1.82) is 0 Å². The van der Waals surface area contributed by atoms with Gasteiger partial charge in [0.1, 0.15) is 0 Å². The molecule has 0 aliphatic carbocycles. The molecule has 0 unspecified atom stereocenters. The number of amides is 3. The molecule has 0 atom stereocenters. The number of carbonyl (C=O) groups excluding carboxylic acids is 3. The van der Waals surface area contributed by atoms with Crippen LogP contribution in [0.5, 0.6) is 0 Å².